The second kappa shape index (κ2) is 6.11. The maximum Gasteiger partial charge on any atom is 0.325 e. The highest BCUT2D eigenvalue weighted by atomic mass is 79.9. The van der Waals surface area contributed by atoms with E-state index in [1.807, 2.05) is 0 Å². The van der Waals surface area contributed by atoms with Gasteiger partial charge in [-0.15, -0.1) is 0 Å². The first kappa shape index (κ1) is 16.3. The molecule has 0 heterocycles. The van der Waals surface area contributed by atoms with Gasteiger partial charge in [0, 0.05) is 9.50 Å². The fourth-order valence-electron chi connectivity index (χ4n) is 1.26. The van der Waals surface area contributed by atoms with Crippen molar-refractivity contribution in [2.75, 3.05) is 11.8 Å². The van der Waals surface area contributed by atoms with Crippen LogP contribution in [0, 0.1) is 6.92 Å². The molecule has 106 valence electrons. The number of hydrogen-bond donors (Lipinski definition) is 1. The summed E-state index contributed by atoms with van der Waals surface area (Å²) < 4.78 is 31.2. The molecule has 1 unspecified atom stereocenters. The van der Waals surface area contributed by atoms with E-state index in [9.17, 15) is 13.2 Å². The van der Waals surface area contributed by atoms with Crippen molar-refractivity contribution >= 4 is 49.2 Å². The molecule has 8 heteroatoms. The van der Waals surface area contributed by atoms with Crippen molar-refractivity contribution in [2.24, 2.45) is 0 Å². The van der Waals surface area contributed by atoms with E-state index in [4.69, 9.17) is 11.6 Å². The lowest BCUT2D eigenvalue weighted by atomic mass is 10.2. The monoisotopic (exact) mass is 369 g/mol. The van der Waals surface area contributed by atoms with E-state index >= 15 is 0 Å². The van der Waals surface area contributed by atoms with Crippen LogP contribution in [0.4, 0.5) is 5.69 Å². The van der Waals surface area contributed by atoms with Crippen LogP contribution in [0.5, 0.6) is 0 Å². The molecular formula is C11H13BrClNO4S. The van der Waals surface area contributed by atoms with Gasteiger partial charge in [0.05, 0.1) is 12.8 Å². The highest BCUT2D eigenvalue weighted by Crippen LogP contribution is 2.30. The Morgan fingerprint density at radius 3 is 2.58 bits per heavy atom. The number of carbonyl (C=O) groups is 1. The zero-order chi connectivity index (χ0) is 14.8. The molecule has 0 saturated heterocycles. The number of esters is 1. The molecule has 19 heavy (non-hydrogen) atoms. The lowest BCUT2D eigenvalue weighted by Gasteiger charge is -2.14. The summed E-state index contributed by atoms with van der Waals surface area (Å²) in [6.07, 6.45) is 0. The predicted octanol–water partition coefficient (Wildman–Crippen LogP) is 2.71. The van der Waals surface area contributed by atoms with E-state index in [1.54, 1.807) is 13.0 Å². The first-order chi connectivity index (χ1) is 8.69. The van der Waals surface area contributed by atoms with E-state index in [1.165, 1.54) is 13.0 Å². The van der Waals surface area contributed by atoms with Gasteiger partial charge < -0.3 is 4.74 Å². The van der Waals surface area contributed by atoms with Crippen LogP contribution in [-0.2, 0) is 19.6 Å². The molecule has 0 aliphatic carbocycles. The fraction of sp³-hybridized carbons (Fsp3) is 0.364. The van der Waals surface area contributed by atoms with Gasteiger partial charge in [0.1, 0.15) is 0 Å². The van der Waals surface area contributed by atoms with Crippen molar-refractivity contribution in [1.29, 1.82) is 0 Å². The second-order valence-corrected chi connectivity index (χ2v) is 7.16. The number of sulfonamides is 1. The highest BCUT2D eigenvalue weighted by Gasteiger charge is 2.29. The van der Waals surface area contributed by atoms with Gasteiger partial charge in [-0.3, -0.25) is 9.52 Å². The Balaban J connectivity index is 3.09. The molecule has 1 aromatic carbocycles. The van der Waals surface area contributed by atoms with Crippen LogP contribution < -0.4 is 4.72 Å². The number of ether oxygens (including phenoxy) is 1. The molecule has 1 aromatic rings. The zero-order valence-electron chi connectivity index (χ0n) is 10.5. The summed E-state index contributed by atoms with van der Waals surface area (Å²) >= 11 is 9.17. The van der Waals surface area contributed by atoms with Gasteiger partial charge >= 0.3 is 5.97 Å². The molecule has 0 spiro atoms. The van der Waals surface area contributed by atoms with E-state index in [0.717, 1.165) is 12.7 Å². The van der Waals surface area contributed by atoms with Crippen molar-refractivity contribution in [2.45, 2.75) is 19.1 Å². The first-order valence-electron chi connectivity index (χ1n) is 5.24. The number of aryl methyl sites for hydroxylation is 1. The molecule has 1 atom stereocenters. The molecular weight excluding hydrogens is 358 g/mol. The number of benzene rings is 1. The quantitative estimate of drug-likeness (QED) is 0.827. The summed E-state index contributed by atoms with van der Waals surface area (Å²) in [4.78, 5) is 11.3. The molecule has 0 saturated carbocycles. The van der Waals surface area contributed by atoms with Gasteiger partial charge in [-0.25, -0.2) is 8.42 Å². The third kappa shape index (κ3) is 3.84. The topological polar surface area (TPSA) is 72.5 Å². The van der Waals surface area contributed by atoms with Crippen LogP contribution >= 0.6 is 27.5 Å². The number of anilines is 1. The molecule has 1 rings (SSSR count). The molecule has 0 aliphatic heterocycles. The third-order valence-corrected chi connectivity index (χ3v) is 5.19. The van der Waals surface area contributed by atoms with E-state index in [-0.39, 0.29) is 5.69 Å². The summed E-state index contributed by atoms with van der Waals surface area (Å²) in [6, 6.07) is 3.16. The number of hydrogen-bond acceptors (Lipinski definition) is 4. The Morgan fingerprint density at radius 1 is 1.47 bits per heavy atom. The van der Waals surface area contributed by atoms with E-state index in [2.05, 4.69) is 25.4 Å². The normalized spacial score (nSPS) is 12.9. The van der Waals surface area contributed by atoms with E-state index in [0.29, 0.717) is 9.50 Å². The number of nitrogens with one attached hydrogen (secondary N) is 1. The largest absolute Gasteiger partial charge is 0.468 e. The summed E-state index contributed by atoms with van der Waals surface area (Å²) in [7, 11) is -2.76. The van der Waals surface area contributed by atoms with Crippen molar-refractivity contribution < 1.29 is 17.9 Å². The number of rotatable bonds is 4. The maximum absolute atomic E-state index is 12.0. The molecule has 0 aromatic heterocycles. The molecule has 0 amide bonds. The van der Waals surface area contributed by atoms with Crippen LogP contribution in [0.3, 0.4) is 0 Å². The SMILES string of the molecule is COC(=O)C(C)S(=O)(=O)Nc1cc(Cl)c(C)cc1Br. The van der Waals surface area contributed by atoms with Crippen LogP contribution in [0.2, 0.25) is 5.02 Å². The Bertz CT molecular complexity index is 603. The third-order valence-electron chi connectivity index (χ3n) is 2.50. The molecule has 5 nitrogen and oxygen atoms in total. The molecule has 0 aliphatic rings. The summed E-state index contributed by atoms with van der Waals surface area (Å²) in [5.41, 5.74) is 1.07. The van der Waals surface area contributed by atoms with E-state index < -0.39 is 21.2 Å². The van der Waals surface area contributed by atoms with Crippen LogP contribution in [0.25, 0.3) is 0 Å². The lowest BCUT2D eigenvalue weighted by Crippen LogP contribution is -2.33. The maximum atomic E-state index is 12.0. The molecule has 1 N–H and O–H groups in total. The molecule has 0 fully saturated rings. The Morgan fingerprint density at radius 2 is 2.05 bits per heavy atom. The van der Waals surface area contributed by atoms with Crippen molar-refractivity contribution in [3.05, 3.63) is 27.2 Å². The zero-order valence-corrected chi connectivity index (χ0v) is 13.7. The minimum absolute atomic E-state index is 0.270. The number of halogens is 2. The highest BCUT2D eigenvalue weighted by molar-refractivity contribution is 9.10. The average molecular weight is 371 g/mol. The van der Waals surface area contributed by atoms with Gasteiger partial charge in [-0.2, -0.15) is 0 Å². The standard InChI is InChI=1S/C11H13BrClNO4S/c1-6-4-8(12)10(5-9(6)13)14-19(16,17)7(2)11(15)18-3/h4-5,7,14H,1-3H3. The van der Waals surface area contributed by atoms with Crippen LogP contribution in [0.1, 0.15) is 12.5 Å². The van der Waals surface area contributed by atoms with Gasteiger partial charge in [-0.1, -0.05) is 11.6 Å². The minimum atomic E-state index is -3.89. The van der Waals surface area contributed by atoms with Crippen molar-refractivity contribution in [1.82, 2.24) is 0 Å². The van der Waals surface area contributed by atoms with Gasteiger partial charge in [0.2, 0.25) is 10.0 Å². The summed E-state index contributed by atoms with van der Waals surface area (Å²) in [5.74, 6) is -0.832. The van der Waals surface area contributed by atoms with Crippen LogP contribution in [-0.4, -0.2) is 26.7 Å². The Hall–Kier alpha value is -0.790. The number of methoxy groups -OCH3 is 1. The molecule has 0 bridgehead atoms. The summed E-state index contributed by atoms with van der Waals surface area (Å²) in [5, 5.41) is -0.893. The van der Waals surface area contributed by atoms with Gasteiger partial charge in [-0.05, 0) is 47.5 Å². The minimum Gasteiger partial charge on any atom is -0.468 e. The summed E-state index contributed by atoms with van der Waals surface area (Å²) in [6.45, 7) is 3.04. The number of carbonyl (C=O) groups excluding carboxylic acids is 1. The van der Waals surface area contributed by atoms with Crippen molar-refractivity contribution in [3.8, 4) is 0 Å². The Kier molecular flexibility index (Phi) is 5.23. The van der Waals surface area contributed by atoms with Crippen molar-refractivity contribution in [3.63, 3.8) is 0 Å². The second-order valence-electron chi connectivity index (χ2n) is 3.89. The molecule has 0 radical (unpaired) electrons. The predicted molar refractivity (Wildman–Crippen MR) is 77.9 cm³/mol. The lowest BCUT2D eigenvalue weighted by molar-refractivity contribution is -0.139. The average Bonchev–Trinajstić information content (AvgIpc) is 2.33. The van der Waals surface area contributed by atoms with Gasteiger partial charge in [0.15, 0.2) is 5.25 Å². The Labute approximate surface area is 125 Å². The van der Waals surface area contributed by atoms with Crippen LogP contribution in [0.15, 0.2) is 16.6 Å². The van der Waals surface area contributed by atoms with Gasteiger partial charge in [0.25, 0.3) is 0 Å². The smallest absolute Gasteiger partial charge is 0.325 e. The fourth-order valence-corrected chi connectivity index (χ4v) is 3.11. The first-order valence-corrected chi connectivity index (χ1v) is 7.96.